The molecule has 0 radical (unpaired) electrons. The Morgan fingerprint density at radius 1 is 1.21 bits per heavy atom. The molecule has 1 heterocycles. The molecule has 0 bridgehead atoms. The van der Waals surface area contributed by atoms with Crippen molar-refractivity contribution in [2.45, 2.75) is 39.7 Å². The third-order valence-corrected chi connectivity index (χ3v) is 4.66. The van der Waals surface area contributed by atoms with E-state index < -0.39 is 29.4 Å². The smallest absolute Gasteiger partial charge is 0.338 e. The fourth-order valence-corrected chi connectivity index (χ4v) is 3.23. The first-order chi connectivity index (χ1) is 13.7. The molecule has 8 nitrogen and oxygen atoms in total. The van der Waals surface area contributed by atoms with E-state index in [0.717, 1.165) is 6.42 Å². The zero-order chi connectivity index (χ0) is 21.4. The SMILES string of the molecule is CCOC(=O)CNC(=O)C(OC(=O)c1ccccc1)C(C)(C)CN1CCCC1=O. The molecule has 158 valence electrons. The van der Waals surface area contributed by atoms with Crippen LogP contribution in [0.1, 0.15) is 44.0 Å². The minimum Gasteiger partial charge on any atom is -0.465 e. The Morgan fingerprint density at radius 2 is 1.90 bits per heavy atom. The number of rotatable bonds is 9. The quantitative estimate of drug-likeness (QED) is 0.627. The van der Waals surface area contributed by atoms with E-state index >= 15 is 0 Å². The van der Waals surface area contributed by atoms with Gasteiger partial charge in [-0.1, -0.05) is 32.0 Å². The molecule has 0 spiro atoms. The molecule has 0 aromatic heterocycles. The number of hydrogen-bond acceptors (Lipinski definition) is 6. The molecule has 1 saturated heterocycles. The number of likely N-dealkylation sites (tertiary alicyclic amines) is 1. The van der Waals surface area contributed by atoms with Gasteiger partial charge in [0.2, 0.25) is 5.91 Å². The summed E-state index contributed by atoms with van der Waals surface area (Å²) in [5.41, 5.74) is -0.563. The second kappa shape index (κ2) is 10.0. The lowest BCUT2D eigenvalue weighted by atomic mass is 9.85. The third kappa shape index (κ3) is 6.30. The Bertz CT molecular complexity index is 747. The molecule has 29 heavy (non-hydrogen) atoms. The first-order valence-corrected chi connectivity index (χ1v) is 9.71. The van der Waals surface area contributed by atoms with E-state index in [0.29, 0.717) is 18.5 Å². The summed E-state index contributed by atoms with van der Waals surface area (Å²) >= 11 is 0. The summed E-state index contributed by atoms with van der Waals surface area (Å²) in [7, 11) is 0. The van der Waals surface area contributed by atoms with Crippen LogP contribution in [0.25, 0.3) is 0 Å². The summed E-state index contributed by atoms with van der Waals surface area (Å²) in [4.78, 5) is 50.7. The zero-order valence-corrected chi connectivity index (χ0v) is 17.1. The maximum absolute atomic E-state index is 12.8. The molecule has 2 amide bonds. The minimum atomic E-state index is -1.20. The molecular weight excluding hydrogens is 376 g/mol. The zero-order valence-electron chi connectivity index (χ0n) is 17.1. The number of carbonyl (C=O) groups is 4. The number of nitrogens with zero attached hydrogens (tertiary/aromatic N) is 1. The number of benzene rings is 1. The highest BCUT2D eigenvalue weighted by Crippen LogP contribution is 2.28. The van der Waals surface area contributed by atoms with Crippen LogP contribution in [0.5, 0.6) is 0 Å². The largest absolute Gasteiger partial charge is 0.465 e. The fourth-order valence-electron chi connectivity index (χ4n) is 3.23. The fraction of sp³-hybridized carbons (Fsp3) is 0.524. The summed E-state index contributed by atoms with van der Waals surface area (Å²) in [5, 5.41) is 2.47. The van der Waals surface area contributed by atoms with Crippen molar-refractivity contribution >= 4 is 23.8 Å². The molecule has 1 N–H and O–H groups in total. The summed E-state index contributed by atoms with van der Waals surface area (Å²) in [6.45, 7) is 5.91. The molecular formula is C21H28N2O6. The second-order valence-corrected chi connectivity index (χ2v) is 7.58. The first-order valence-electron chi connectivity index (χ1n) is 9.71. The number of esters is 2. The van der Waals surface area contributed by atoms with Gasteiger partial charge in [0.25, 0.3) is 5.91 Å². The molecule has 1 fully saturated rings. The third-order valence-electron chi connectivity index (χ3n) is 4.66. The number of carbonyl (C=O) groups excluding carboxylic acids is 4. The minimum absolute atomic E-state index is 0.0122. The summed E-state index contributed by atoms with van der Waals surface area (Å²) in [6, 6.07) is 8.34. The predicted molar refractivity (Wildman–Crippen MR) is 105 cm³/mol. The van der Waals surface area contributed by atoms with Gasteiger partial charge < -0.3 is 19.7 Å². The lowest BCUT2D eigenvalue weighted by molar-refractivity contribution is -0.146. The molecule has 1 aromatic rings. The summed E-state index contributed by atoms with van der Waals surface area (Å²) < 4.78 is 10.4. The molecule has 0 saturated carbocycles. The molecule has 1 atom stereocenters. The highest BCUT2D eigenvalue weighted by Gasteiger charge is 2.41. The van der Waals surface area contributed by atoms with E-state index in [-0.39, 0.29) is 25.6 Å². The van der Waals surface area contributed by atoms with Gasteiger partial charge in [0, 0.05) is 24.9 Å². The van der Waals surface area contributed by atoms with Crippen LogP contribution >= 0.6 is 0 Å². The van der Waals surface area contributed by atoms with Crippen molar-refractivity contribution in [3.8, 4) is 0 Å². The van der Waals surface area contributed by atoms with E-state index in [1.807, 2.05) is 0 Å². The Labute approximate surface area is 170 Å². The highest BCUT2D eigenvalue weighted by molar-refractivity contribution is 5.93. The van der Waals surface area contributed by atoms with Gasteiger partial charge in [0.05, 0.1) is 12.2 Å². The molecule has 8 heteroatoms. The van der Waals surface area contributed by atoms with Gasteiger partial charge in [-0.3, -0.25) is 14.4 Å². The average molecular weight is 404 g/mol. The summed E-state index contributed by atoms with van der Waals surface area (Å²) in [5.74, 6) is -1.83. The molecule has 1 unspecified atom stereocenters. The standard InChI is InChI=1S/C21H28N2O6/c1-4-28-17(25)13-22-19(26)18(29-20(27)15-9-6-5-7-10-15)21(2,3)14-23-12-8-11-16(23)24/h5-7,9-10,18H,4,8,11-14H2,1-3H3,(H,22,26). The van der Waals surface area contributed by atoms with Crippen molar-refractivity contribution in [1.82, 2.24) is 10.2 Å². The van der Waals surface area contributed by atoms with E-state index in [1.165, 1.54) is 0 Å². The van der Waals surface area contributed by atoms with Crippen molar-refractivity contribution in [1.29, 1.82) is 0 Å². The van der Waals surface area contributed by atoms with Gasteiger partial charge >= 0.3 is 11.9 Å². The predicted octanol–water partition coefficient (Wildman–Crippen LogP) is 1.54. The van der Waals surface area contributed by atoms with Gasteiger partial charge in [-0.15, -0.1) is 0 Å². The van der Waals surface area contributed by atoms with Gasteiger partial charge in [-0.2, -0.15) is 0 Å². The normalized spacial score (nSPS) is 15.0. The van der Waals surface area contributed by atoms with Gasteiger partial charge in [0.15, 0.2) is 6.10 Å². The van der Waals surface area contributed by atoms with E-state index in [1.54, 1.807) is 56.0 Å². The van der Waals surface area contributed by atoms with Gasteiger partial charge in [-0.05, 0) is 25.5 Å². The van der Waals surface area contributed by atoms with E-state index in [4.69, 9.17) is 9.47 Å². The average Bonchev–Trinajstić information content (AvgIpc) is 3.08. The van der Waals surface area contributed by atoms with Gasteiger partial charge in [-0.25, -0.2) is 4.79 Å². The Balaban J connectivity index is 2.16. The number of nitrogens with one attached hydrogen (secondary N) is 1. The van der Waals surface area contributed by atoms with Crippen LogP contribution in [-0.4, -0.2) is 61.0 Å². The van der Waals surface area contributed by atoms with Gasteiger partial charge in [0.1, 0.15) is 6.54 Å². The second-order valence-electron chi connectivity index (χ2n) is 7.58. The first kappa shape index (κ1) is 22.4. The maximum Gasteiger partial charge on any atom is 0.338 e. The van der Waals surface area contributed by atoms with E-state index in [2.05, 4.69) is 5.32 Å². The van der Waals surface area contributed by atoms with Crippen molar-refractivity contribution in [2.75, 3.05) is 26.2 Å². The monoisotopic (exact) mass is 404 g/mol. The Hall–Kier alpha value is -2.90. The maximum atomic E-state index is 12.8. The molecule has 2 rings (SSSR count). The van der Waals surface area contributed by atoms with Crippen LogP contribution in [0.15, 0.2) is 30.3 Å². The van der Waals surface area contributed by atoms with Crippen LogP contribution in [0.4, 0.5) is 0 Å². The van der Waals surface area contributed by atoms with Crippen LogP contribution in [-0.2, 0) is 23.9 Å². The topological polar surface area (TPSA) is 102 Å². The lowest BCUT2D eigenvalue weighted by Gasteiger charge is -2.35. The van der Waals surface area contributed by atoms with Crippen molar-refractivity contribution < 1.29 is 28.7 Å². The van der Waals surface area contributed by atoms with E-state index in [9.17, 15) is 19.2 Å². The number of ether oxygens (including phenoxy) is 2. The van der Waals surface area contributed by atoms with Crippen LogP contribution < -0.4 is 5.32 Å². The number of amides is 2. The Kier molecular flexibility index (Phi) is 7.75. The molecule has 1 aliphatic rings. The lowest BCUT2D eigenvalue weighted by Crippen LogP contribution is -2.52. The van der Waals surface area contributed by atoms with Crippen molar-refractivity contribution in [3.63, 3.8) is 0 Å². The molecule has 0 aliphatic carbocycles. The van der Waals surface area contributed by atoms with Crippen molar-refractivity contribution in [3.05, 3.63) is 35.9 Å². The van der Waals surface area contributed by atoms with Crippen LogP contribution in [0, 0.1) is 5.41 Å². The highest BCUT2D eigenvalue weighted by atomic mass is 16.6. The molecule has 1 aromatic carbocycles. The molecule has 1 aliphatic heterocycles. The van der Waals surface area contributed by atoms with Crippen LogP contribution in [0.2, 0.25) is 0 Å². The Morgan fingerprint density at radius 3 is 2.48 bits per heavy atom. The van der Waals surface area contributed by atoms with Crippen molar-refractivity contribution in [2.24, 2.45) is 5.41 Å². The van der Waals surface area contributed by atoms with Crippen LogP contribution in [0.3, 0.4) is 0 Å². The number of hydrogen-bond donors (Lipinski definition) is 1. The summed E-state index contributed by atoms with van der Waals surface area (Å²) in [6.07, 6.45) is 0.0379.